The number of hydrogen-bond donors (Lipinski definition) is 2. The third-order valence-electron chi connectivity index (χ3n) is 7.36. The Morgan fingerprint density at radius 1 is 1.03 bits per heavy atom. The van der Waals surface area contributed by atoms with Crippen molar-refractivity contribution in [2.24, 2.45) is 17.8 Å². The van der Waals surface area contributed by atoms with E-state index in [1.807, 2.05) is 12.1 Å². The van der Waals surface area contributed by atoms with Gasteiger partial charge in [-0.15, -0.1) is 0 Å². The summed E-state index contributed by atoms with van der Waals surface area (Å²) in [5.41, 5.74) is 1.37. The fraction of sp³-hybridized carbons (Fsp3) is 0.375. The number of nitrogens with one attached hydrogen (secondary N) is 2. The van der Waals surface area contributed by atoms with Gasteiger partial charge in [0.05, 0.1) is 10.9 Å². The predicted molar refractivity (Wildman–Crippen MR) is 117 cm³/mol. The number of benzene rings is 1. The van der Waals surface area contributed by atoms with Gasteiger partial charge in [-0.2, -0.15) is 0 Å². The van der Waals surface area contributed by atoms with Crippen LogP contribution in [0.5, 0.6) is 0 Å². The van der Waals surface area contributed by atoms with Gasteiger partial charge in [-0.05, 0) is 61.6 Å². The SMILES string of the molecule is CC1C2CCC(CC2)C1Nc1nc(-c2c[nH]c3c(F)cc(F)cc23)nc2ncccc12. The van der Waals surface area contributed by atoms with Crippen LogP contribution in [0.1, 0.15) is 32.6 Å². The number of aromatic amines is 1. The van der Waals surface area contributed by atoms with Crippen molar-refractivity contribution in [2.75, 3.05) is 5.32 Å². The number of rotatable bonds is 3. The van der Waals surface area contributed by atoms with Crippen LogP contribution in [0.4, 0.5) is 14.6 Å². The Labute approximate surface area is 178 Å². The summed E-state index contributed by atoms with van der Waals surface area (Å²) in [6.45, 7) is 2.33. The first-order valence-electron chi connectivity index (χ1n) is 10.9. The van der Waals surface area contributed by atoms with Crippen molar-refractivity contribution in [1.29, 1.82) is 0 Å². The molecule has 31 heavy (non-hydrogen) atoms. The number of aromatic nitrogens is 4. The van der Waals surface area contributed by atoms with Crippen LogP contribution in [-0.2, 0) is 0 Å². The first-order chi connectivity index (χ1) is 15.1. The zero-order chi connectivity index (χ0) is 21.1. The van der Waals surface area contributed by atoms with Crippen LogP contribution in [0, 0.1) is 29.4 Å². The highest BCUT2D eigenvalue weighted by Gasteiger charge is 2.41. The van der Waals surface area contributed by atoms with Gasteiger partial charge in [-0.25, -0.2) is 23.7 Å². The molecule has 3 aromatic heterocycles. The molecule has 2 bridgehead atoms. The minimum absolute atomic E-state index is 0.244. The topological polar surface area (TPSA) is 66.5 Å². The minimum Gasteiger partial charge on any atom is -0.366 e. The molecule has 2 atom stereocenters. The molecule has 4 aromatic rings. The largest absolute Gasteiger partial charge is 0.366 e. The second kappa shape index (κ2) is 6.97. The van der Waals surface area contributed by atoms with Crippen LogP contribution in [-0.4, -0.2) is 26.0 Å². The average molecular weight is 419 g/mol. The van der Waals surface area contributed by atoms with E-state index in [-0.39, 0.29) is 5.52 Å². The zero-order valence-electron chi connectivity index (χ0n) is 17.2. The molecule has 3 heterocycles. The van der Waals surface area contributed by atoms with Gasteiger partial charge in [-0.3, -0.25) is 0 Å². The first kappa shape index (κ1) is 18.7. The highest BCUT2D eigenvalue weighted by atomic mass is 19.1. The number of anilines is 1. The van der Waals surface area contributed by atoms with Crippen molar-refractivity contribution in [2.45, 2.75) is 38.6 Å². The molecule has 3 fully saturated rings. The maximum Gasteiger partial charge on any atom is 0.166 e. The van der Waals surface area contributed by atoms with E-state index in [0.717, 1.165) is 23.2 Å². The zero-order valence-corrected chi connectivity index (χ0v) is 17.2. The van der Waals surface area contributed by atoms with E-state index in [9.17, 15) is 8.78 Å². The van der Waals surface area contributed by atoms with Crippen molar-refractivity contribution in [3.63, 3.8) is 0 Å². The van der Waals surface area contributed by atoms with E-state index in [0.29, 0.717) is 40.3 Å². The summed E-state index contributed by atoms with van der Waals surface area (Å²) in [7, 11) is 0. The van der Waals surface area contributed by atoms with Crippen molar-refractivity contribution >= 4 is 27.8 Å². The molecule has 0 saturated heterocycles. The summed E-state index contributed by atoms with van der Waals surface area (Å²) in [6, 6.07) is 6.39. The molecule has 0 aliphatic heterocycles. The summed E-state index contributed by atoms with van der Waals surface area (Å²) in [5.74, 6) is 1.85. The van der Waals surface area contributed by atoms with Crippen LogP contribution >= 0.6 is 0 Å². The normalized spacial score (nSPS) is 25.4. The second-order valence-corrected chi connectivity index (χ2v) is 8.99. The molecular formula is C24H23F2N5. The highest BCUT2D eigenvalue weighted by Crippen LogP contribution is 2.46. The first-order valence-corrected chi connectivity index (χ1v) is 10.9. The third-order valence-corrected chi connectivity index (χ3v) is 7.36. The predicted octanol–water partition coefficient (Wildman–Crippen LogP) is 5.69. The smallest absolute Gasteiger partial charge is 0.166 e. The Balaban J connectivity index is 1.49. The Hall–Kier alpha value is -3.09. The Kier molecular flexibility index (Phi) is 4.20. The molecular weight excluding hydrogens is 396 g/mol. The molecule has 1 aromatic carbocycles. The van der Waals surface area contributed by atoms with Crippen LogP contribution in [0.25, 0.3) is 33.3 Å². The molecule has 3 saturated carbocycles. The van der Waals surface area contributed by atoms with Crippen LogP contribution in [0.3, 0.4) is 0 Å². The summed E-state index contributed by atoms with van der Waals surface area (Å²) in [4.78, 5) is 16.8. The Morgan fingerprint density at radius 2 is 1.84 bits per heavy atom. The van der Waals surface area contributed by atoms with Gasteiger partial charge in [0.25, 0.3) is 0 Å². The lowest BCUT2D eigenvalue weighted by Crippen LogP contribution is -2.47. The van der Waals surface area contributed by atoms with E-state index in [2.05, 4.69) is 27.2 Å². The monoisotopic (exact) mass is 419 g/mol. The van der Waals surface area contributed by atoms with Gasteiger partial charge >= 0.3 is 0 Å². The average Bonchev–Trinajstić information content (AvgIpc) is 3.20. The summed E-state index contributed by atoms with van der Waals surface area (Å²) in [5, 5.41) is 5.01. The molecule has 0 spiro atoms. The maximum atomic E-state index is 14.2. The molecule has 3 aliphatic rings. The molecule has 158 valence electrons. The van der Waals surface area contributed by atoms with Crippen molar-refractivity contribution in [3.8, 4) is 11.4 Å². The molecule has 0 amide bonds. The minimum atomic E-state index is -0.634. The molecule has 0 radical (unpaired) electrons. The molecule has 2 unspecified atom stereocenters. The maximum absolute atomic E-state index is 14.2. The number of H-pyrrole nitrogens is 1. The summed E-state index contributed by atoms with van der Waals surface area (Å²) in [6.07, 6.45) is 8.46. The fourth-order valence-corrected chi connectivity index (χ4v) is 5.69. The van der Waals surface area contributed by atoms with Crippen molar-refractivity contribution in [1.82, 2.24) is 19.9 Å². The number of fused-ring (bicyclic) bond motifs is 5. The molecule has 3 aliphatic carbocycles. The van der Waals surface area contributed by atoms with Gasteiger partial charge in [0.1, 0.15) is 17.5 Å². The van der Waals surface area contributed by atoms with E-state index < -0.39 is 11.6 Å². The van der Waals surface area contributed by atoms with Gasteiger partial charge in [0.2, 0.25) is 0 Å². The lowest BCUT2D eigenvalue weighted by atomic mass is 9.62. The highest BCUT2D eigenvalue weighted by molar-refractivity contribution is 5.96. The number of halogens is 2. The Bertz CT molecular complexity index is 1290. The molecule has 2 N–H and O–H groups in total. The van der Waals surface area contributed by atoms with E-state index >= 15 is 0 Å². The van der Waals surface area contributed by atoms with Crippen LogP contribution < -0.4 is 5.32 Å². The Morgan fingerprint density at radius 3 is 2.65 bits per heavy atom. The van der Waals surface area contributed by atoms with Gasteiger partial charge in [0.15, 0.2) is 11.5 Å². The lowest BCUT2D eigenvalue weighted by Gasteiger charge is -2.47. The van der Waals surface area contributed by atoms with Crippen LogP contribution in [0.15, 0.2) is 36.7 Å². The number of hydrogen-bond acceptors (Lipinski definition) is 4. The third kappa shape index (κ3) is 2.98. The fourth-order valence-electron chi connectivity index (χ4n) is 5.69. The van der Waals surface area contributed by atoms with E-state index in [4.69, 9.17) is 4.98 Å². The van der Waals surface area contributed by atoms with E-state index in [1.54, 1.807) is 12.4 Å². The molecule has 7 rings (SSSR count). The molecule has 7 heteroatoms. The van der Waals surface area contributed by atoms with Crippen LogP contribution in [0.2, 0.25) is 0 Å². The van der Waals surface area contributed by atoms with Crippen molar-refractivity contribution < 1.29 is 8.78 Å². The summed E-state index contributed by atoms with van der Waals surface area (Å²) < 4.78 is 28.1. The summed E-state index contributed by atoms with van der Waals surface area (Å²) >= 11 is 0. The van der Waals surface area contributed by atoms with Gasteiger partial charge < -0.3 is 10.3 Å². The van der Waals surface area contributed by atoms with Crippen molar-refractivity contribution in [3.05, 3.63) is 48.3 Å². The second-order valence-electron chi connectivity index (χ2n) is 8.99. The van der Waals surface area contributed by atoms with Gasteiger partial charge in [-0.1, -0.05) is 6.92 Å². The number of pyridine rings is 1. The number of nitrogens with zero attached hydrogens (tertiary/aromatic N) is 3. The molecule has 5 nitrogen and oxygen atoms in total. The standard InChI is InChI=1S/C24H23F2N5/c1-12-13-4-6-14(7-5-13)20(12)29-23-16-3-2-8-27-22(16)30-24(31-23)18-11-28-21-17(18)9-15(25)10-19(21)26/h2-3,8-14,20,28H,4-7H2,1H3,(H,27,29,30,31). The van der Waals surface area contributed by atoms with E-state index in [1.165, 1.54) is 31.7 Å². The van der Waals surface area contributed by atoms with Gasteiger partial charge in [0, 0.05) is 35.5 Å². The quantitative estimate of drug-likeness (QED) is 0.448. The lowest BCUT2D eigenvalue weighted by molar-refractivity contribution is 0.0929.